The van der Waals surface area contributed by atoms with E-state index < -0.39 is 0 Å². The normalized spacial score (nSPS) is 18.9. The molecule has 1 saturated heterocycles. The number of nitrogens with one attached hydrogen (secondary N) is 1. The van der Waals surface area contributed by atoms with E-state index in [2.05, 4.69) is 15.5 Å². The molecule has 5 nitrogen and oxygen atoms in total. The van der Waals surface area contributed by atoms with Crippen LogP contribution in [-0.4, -0.2) is 23.8 Å². The summed E-state index contributed by atoms with van der Waals surface area (Å²) in [6, 6.07) is 8.15. The van der Waals surface area contributed by atoms with Crippen LogP contribution in [0.3, 0.4) is 0 Å². The second-order valence-electron chi connectivity index (χ2n) is 5.08. The number of piperidine rings is 1. The minimum Gasteiger partial charge on any atom is -0.497 e. The molecule has 1 fully saturated rings. The maximum Gasteiger partial charge on any atom is 0.243 e. The number of methoxy groups -OCH3 is 1. The van der Waals surface area contributed by atoms with Gasteiger partial charge in [0.25, 0.3) is 0 Å². The molecule has 20 heavy (non-hydrogen) atoms. The van der Waals surface area contributed by atoms with E-state index in [0.29, 0.717) is 12.3 Å². The summed E-state index contributed by atoms with van der Waals surface area (Å²) in [5.41, 5.74) is 1.12. The molecule has 2 aromatic rings. The first kappa shape index (κ1) is 13.1. The fraction of sp³-hybridized carbons (Fsp3) is 0.467. The molecule has 1 aliphatic heterocycles. The lowest BCUT2D eigenvalue weighted by Gasteiger charge is -2.19. The number of rotatable bonds is 4. The van der Waals surface area contributed by atoms with Crippen LogP contribution in [0.5, 0.6) is 5.75 Å². The third kappa shape index (κ3) is 2.99. The van der Waals surface area contributed by atoms with Gasteiger partial charge in [-0.3, -0.25) is 0 Å². The van der Waals surface area contributed by atoms with Crippen molar-refractivity contribution in [3.63, 3.8) is 0 Å². The molecule has 0 aliphatic carbocycles. The SMILES string of the molecule is COc1cccc(Cc2noc(C3CCCCN3)n2)c1. The summed E-state index contributed by atoms with van der Waals surface area (Å²) in [4.78, 5) is 4.50. The van der Waals surface area contributed by atoms with E-state index in [1.54, 1.807) is 7.11 Å². The van der Waals surface area contributed by atoms with Gasteiger partial charge in [0.2, 0.25) is 5.89 Å². The van der Waals surface area contributed by atoms with Crippen molar-refractivity contribution in [1.29, 1.82) is 0 Å². The van der Waals surface area contributed by atoms with Gasteiger partial charge in [-0.05, 0) is 37.1 Å². The van der Waals surface area contributed by atoms with E-state index in [9.17, 15) is 0 Å². The van der Waals surface area contributed by atoms with Gasteiger partial charge in [0.1, 0.15) is 5.75 Å². The average Bonchev–Trinajstić information content (AvgIpc) is 2.97. The number of hydrogen-bond donors (Lipinski definition) is 1. The summed E-state index contributed by atoms with van der Waals surface area (Å²) >= 11 is 0. The van der Waals surface area contributed by atoms with Crippen molar-refractivity contribution in [2.75, 3.05) is 13.7 Å². The van der Waals surface area contributed by atoms with Crippen LogP contribution >= 0.6 is 0 Å². The Balaban J connectivity index is 1.70. The summed E-state index contributed by atoms with van der Waals surface area (Å²) in [5, 5.41) is 7.49. The highest BCUT2D eigenvalue weighted by atomic mass is 16.5. The van der Waals surface area contributed by atoms with Crippen molar-refractivity contribution in [1.82, 2.24) is 15.5 Å². The van der Waals surface area contributed by atoms with Crippen molar-refractivity contribution in [2.24, 2.45) is 0 Å². The molecule has 1 unspecified atom stereocenters. The second-order valence-corrected chi connectivity index (χ2v) is 5.08. The molecule has 1 atom stereocenters. The van der Waals surface area contributed by atoms with Crippen LogP contribution in [0.1, 0.15) is 42.6 Å². The third-order valence-electron chi connectivity index (χ3n) is 3.59. The Bertz CT molecular complexity index is 562. The fourth-order valence-corrected chi connectivity index (χ4v) is 2.51. The number of hydrogen-bond acceptors (Lipinski definition) is 5. The summed E-state index contributed by atoms with van der Waals surface area (Å²) in [7, 11) is 1.67. The molecule has 1 aliphatic rings. The van der Waals surface area contributed by atoms with Crippen LogP contribution in [0.2, 0.25) is 0 Å². The van der Waals surface area contributed by atoms with Crippen molar-refractivity contribution in [3.05, 3.63) is 41.5 Å². The van der Waals surface area contributed by atoms with Gasteiger partial charge in [-0.15, -0.1) is 0 Å². The van der Waals surface area contributed by atoms with Crippen molar-refractivity contribution >= 4 is 0 Å². The Labute approximate surface area is 118 Å². The van der Waals surface area contributed by atoms with E-state index >= 15 is 0 Å². The van der Waals surface area contributed by atoms with E-state index in [4.69, 9.17) is 9.26 Å². The smallest absolute Gasteiger partial charge is 0.243 e. The van der Waals surface area contributed by atoms with Crippen LogP contribution < -0.4 is 10.1 Å². The zero-order valence-electron chi connectivity index (χ0n) is 11.6. The fourth-order valence-electron chi connectivity index (χ4n) is 2.51. The van der Waals surface area contributed by atoms with E-state index in [-0.39, 0.29) is 6.04 Å². The van der Waals surface area contributed by atoms with Gasteiger partial charge in [-0.2, -0.15) is 4.98 Å². The van der Waals surface area contributed by atoms with Gasteiger partial charge < -0.3 is 14.6 Å². The molecule has 0 radical (unpaired) electrons. The molecule has 1 aromatic heterocycles. The molecule has 2 heterocycles. The first-order valence-electron chi connectivity index (χ1n) is 7.04. The zero-order chi connectivity index (χ0) is 13.8. The van der Waals surface area contributed by atoms with Crippen LogP contribution in [0.25, 0.3) is 0 Å². The monoisotopic (exact) mass is 273 g/mol. The molecule has 1 N–H and O–H groups in total. The van der Waals surface area contributed by atoms with Gasteiger partial charge in [0.15, 0.2) is 5.82 Å². The minimum absolute atomic E-state index is 0.218. The lowest BCUT2D eigenvalue weighted by molar-refractivity contribution is 0.296. The van der Waals surface area contributed by atoms with E-state index in [1.165, 1.54) is 12.8 Å². The first-order valence-corrected chi connectivity index (χ1v) is 7.04. The van der Waals surface area contributed by atoms with E-state index in [1.807, 2.05) is 24.3 Å². The van der Waals surface area contributed by atoms with Gasteiger partial charge >= 0.3 is 0 Å². The molecule has 106 valence electrons. The molecule has 0 saturated carbocycles. The Morgan fingerprint density at radius 1 is 1.40 bits per heavy atom. The molecule has 3 rings (SSSR count). The van der Waals surface area contributed by atoms with Crippen LogP contribution in [0, 0.1) is 0 Å². The summed E-state index contributed by atoms with van der Waals surface area (Å²) in [6.07, 6.45) is 4.17. The highest BCUT2D eigenvalue weighted by Crippen LogP contribution is 2.22. The highest BCUT2D eigenvalue weighted by molar-refractivity contribution is 5.30. The van der Waals surface area contributed by atoms with Gasteiger partial charge in [-0.1, -0.05) is 23.7 Å². The zero-order valence-corrected chi connectivity index (χ0v) is 11.6. The molecular formula is C15H19N3O2. The molecular weight excluding hydrogens is 254 g/mol. The quantitative estimate of drug-likeness (QED) is 0.927. The van der Waals surface area contributed by atoms with Crippen LogP contribution in [0.4, 0.5) is 0 Å². The lowest BCUT2D eigenvalue weighted by Crippen LogP contribution is -2.27. The number of nitrogens with zero attached hydrogens (tertiary/aromatic N) is 2. The van der Waals surface area contributed by atoms with E-state index in [0.717, 1.165) is 30.1 Å². The van der Waals surface area contributed by atoms with Crippen molar-refractivity contribution in [2.45, 2.75) is 31.7 Å². The average molecular weight is 273 g/mol. The topological polar surface area (TPSA) is 60.2 Å². The van der Waals surface area contributed by atoms with Crippen LogP contribution in [0.15, 0.2) is 28.8 Å². The highest BCUT2D eigenvalue weighted by Gasteiger charge is 2.20. The molecule has 0 bridgehead atoms. The largest absolute Gasteiger partial charge is 0.497 e. The number of aromatic nitrogens is 2. The Morgan fingerprint density at radius 2 is 2.35 bits per heavy atom. The maximum atomic E-state index is 5.38. The molecule has 1 aromatic carbocycles. The third-order valence-corrected chi connectivity index (χ3v) is 3.59. The van der Waals surface area contributed by atoms with Crippen LogP contribution in [-0.2, 0) is 6.42 Å². The van der Waals surface area contributed by atoms with Gasteiger partial charge in [0, 0.05) is 6.42 Å². The molecule has 0 spiro atoms. The number of ether oxygens (including phenoxy) is 1. The first-order chi connectivity index (χ1) is 9.85. The second kappa shape index (κ2) is 6.05. The summed E-state index contributed by atoms with van der Waals surface area (Å²) in [5.74, 6) is 2.28. The van der Waals surface area contributed by atoms with Gasteiger partial charge in [-0.25, -0.2) is 0 Å². The van der Waals surface area contributed by atoms with Crippen molar-refractivity contribution < 1.29 is 9.26 Å². The maximum absolute atomic E-state index is 5.38. The summed E-state index contributed by atoms with van der Waals surface area (Å²) in [6.45, 7) is 1.03. The molecule has 5 heteroatoms. The standard InChI is InChI=1S/C15H19N3O2/c1-19-12-6-4-5-11(9-12)10-14-17-15(20-18-14)13-7-2-3-8-16-13/h4-6,9,13,16H,2-3,7-8,10H2,1H3. The van der Waals surface area contributed by atoms with Gasteiger partial charge in [0.05, 0.1) is 13.2 Å². The Hall–Kier alpha value is -1.88. The predicted octanol–water partition coefficient (Wildman–Crippen LogP) is 2.48. The Kier molecular flexibility index (Phi) is 3.97. The minimum atomic E-state index is 0.218. The lowest BCUT2D eigenvalue weighted by atomic mass is 10.1. The molecule has 0 amide bonds. The number of benzene rings is 1. The predicted molar refractivity (Wildman–Crippen MR) is 74.7 cm³/mol. The summed E-state index contributed by atoms with van der Waals surface area (Å²) < 4.78 is 10.6. The Morgan fingerprint density at radius 3 is 3.15 bits per heavy atom. The van der Waals surface area contributed by atoms with Crippen molar-refractivity contribution in [3.8, 4) is 5.75 Å².